The van der Waals surface area contributed by atoms with E-state index in [9.17, 15) is 4.79 Å². The molecule has 0 radical (unpaired) electrons. The van der Waals surface area contributed by atoms with Crippen molar-refractivity contribution in [3.63, 3.8) is 0 Å². The normalized spacial score (nSPS) is 10.0. The van der Waals surface area contributed by atoms with Gasteiger partial charge >= 0.3 is 0 Å². The van der Waals surface area contributed by atoms with Crippen LogP contribution in [0.4, 0.5) is 0 Å². The van der Waals surface area contributed by atoms with Gasteiger partial charge in [-0.1, -0.05) is 6.07 Å². The molecular formula is C9H7NO2. The third-order valence-electron chi connectivity index (χ3n) is 1.73. The van der Waals surface area contributed by atoms with E-state index in [0.29, 0.717) is 12.2 Å². The summed E-state index contributed by atoms with van der Waals surface area (Å²) in [5.41, 5.74) is 0.967. The van der Waals surface area contributed by atoms with Gasteiger partial charge in [-0.05, 0) is 18.2 Å². The van der Waals surface area contributed by atoms with Crippen LogP contribution in [0.15, 0.2) is 30.5 Å². The lowest BCUT2D eigenvalue weighted by Crippen LogP contribution is -1.87. The molecule has 60 valence electrons. The van der Waals surface area contributed by atoms with E-state index in [1.807, 2.05) is 24.4 Å². The minimum atomic E-state index is 0.432. The Hall–Kier alpha value is -1.77. The third-order valence-corrected chi connectivity index (χ3v) is 1.73. The molecule has 0 spiro atoms. The summed E-state index contributed by atoms with van der Waals surface area (Å²) in [6.07, 6.45) is 1.81. The number of aromatic amines is 1. The summed E-state index contributed by atoms with van der Waals surface area (Å²) in [6.45, 7) is 0.432. The number of hydrogen-bond acceptors (Lipinski definition) is 2. The monoisotopic (exact) mass is 161 g/mol. The third kappa shape index (κ3) is 0.955. The van der Waals surface area contributed by atoms with Crippen LogP contribution in [0.3, 0.4) is 0 Å². The molecule has 0 aliphatic rings. The number of carbonyl (C=O) groups excluding carboxylic acids is 1. The maximum absolute atomic E-state index is 10.1. The molecular weight excluding hydrogens is 154 g/mol. The van der Waals surface area contributed by atoms with Crippen LogP contribution in [0, 0.1) is 0 Å². The van der Waals surface area contributed by atoms with Crippen molar-refractivity contribution in [1.29, 1.82) is 0 Å². The number of H-pyrrole nitrogens is 1. The number of benzene rings is 1. The molecule has 1 N–H and O–H groups in total. The lowest BCUT2D eigenvalue weighted by molar-refractivity contribution is -0.120. The number of fused-ring (bicyclic) bond motifs is 1. The maximum Gasteiger partial charge on any atom is 0.298 e. The highest BCUT2D eigenvalue weighted by atomic mass is 16.5. The number of ether oxygens (including phenoxy) is 1. The lowest BCUT2D eigenvalue weighted by Gasteiger charge is -1.97. The Balaban J connectivity index is 2.65. The number of nitrogens with one attached hydrogen (secondary N) is 1. The number of aromatic nitrogens is 1. The zero-order chi connectivity index (χ0) is 8.39. The summed E-state index contributed by atoms with van der Waals surface area (Å²) in [7, 11) is 0. The van der Waals surface area contributed by atoms with Crippen LogP contribution in [-0.2, 0) is 4.79 Å². The molecule has 3 nitrogen and oxygen atoms in total. The number of carbonyl (C=O) groups is 1. The van der Waals surface area contributed by atoms with Crippen LogP contribution in [0.25, 0.3) is 10.9 Å². The van der Waals surface area contributed by atoms with Gasteiger partial charge in [0.25, 0.3) is 6.47 Å². The van der Waals surface area contributed by atoms with E-state index in [1.54, 1.807) is 6.07 Å². The first-order valence-electron chi connectivity index (χ1n) is 3.58. The molecule has 0 unspecified atom stereocenters. The van der Waals surface area contributed by atoms with E-state index in [4.69, 9.17) is 4.74 Å². The molecule has 1 heterocycles. The predicted molar refractivity (Wildman–Crippen MR) is 45.0 cm³/mol. The quantitative estimate of drug-likeness (QED) is 0.681. The maximum atomic E-state index is 10.1. The molecule has 12 heavy (non-hydrogen) atoms. The highest BCUT2D eigenvalue weighted by Crippen LogP contribution is 2.23. The van der Waals surface area contributed by atoms with Crippen molar-refractivity contribution in [2.24, 2.45) is 0 Å². The fraction of sp³-hybridized carbons (Fsp3) is 0. The number of hydrogen-bond donors (Lipinski definition) is 1. The van der Waals surface area contributed by atoms with Crippen LogP contribution >= 0.6 is 0 Å². The molecule has 0 aliphatic carbocycles. The van der Waals surface area contributed by atoms with Gasteiger partial charge < -0.3 is 9.72 Å². The molecule has 3 heteroatoms. The fourth-order valence-electron chi connectivity index (χ4n) is 1.21. The van der Waals surface area contributed by atoms with Crippen LogP contribution < -0.4 is 4.74 Å². The average molecular weight is 161 g/mol. The molecule has 2 rings (SSSR count). The van der Waals surface area contributed by atoms with E-state index >= 15 is 0 Å². The number of rotatable bonds is 2. The Kier molecular flexibility index (Phi) is 1.55. The minimum Gasteiger partial charge on any atom is -0.428 e. The lowest BCUT2D eigenvalue weighted by atomic mass is 10.2. The molecule has 0 atom stereocenters. The summed E-state index contributed by atoms with van der Waals surface area (Å²) < 4.78 is 4.78. The Morgan fingerprint density at radius 2 is 2.25 bits per heavy atom. The van der Waals surface area contributed by atoms with Gasteiger partial charge in [0.05, 0.1) is 0 Å². The zero-order valence-corrected chi connectivity index (χ0v) is 6.28. The first-order valence-corrected chi connectivity index (χ1v) is 3.58. The van der Waals surface area contributed by atoms with Crippen molar-refractivity contribution < 1.29 is 9.53 Å². The van der Waals surface area contributed by atoms with E-state index in [1.165, 1.54) is 0 Å². The summed E-state index contributed by atoms with van der Waals surface area (Å²) in [5, 5.41) is 0.921. The average Bonchev–Trinajstić information content (AvgIpc) is 2.53. The second-order valence-electron chi connectivity index (χ2n) is 2.41. The summed E-state index contributed by atoms with van der Waals surface area (Å²) in [6, 6.07) is 7.38. The SMILES string of the molecule is O=COc1cccc2[nH]ccc12. The molecule has 2 aromatic rings. The van der Waals surface area contributed by atoms with Gasteiger partial charge in [-0.3, -0.25) is 4.79 Å². The highest BCUT2D eigenvalue weighted by Gasteiger charge is 2.00. The van der Waals surface area contributed by atoms with Gasteiger partial charge in [-0.15, -0.1) is 0 Å². The van der Waals surface area contributed by atoms with E-state index in [-0.39, 0.29) is 0 Å². The van der Waals surface area contributed by atoms with Crippen molar-refractivity contribution in [1.82, 2.24) is 4.98 Å². The Morgan fingerprint density at radius 1 is 1.33 bits per heavy atom. The zero-order valence-electron chi connectivity index (χ0n) is 6.28. The first kappa shape index (κ1) is 6.91. The second-order valence-corrected chi connectivity index (χ2v) is 2.41. The molecule has 0 amide bonds. The molecule has 1 aromatic heterocycles. The van der Waals surface area contributed by atoms with Gasteiger partial charge in [-0.25, -0.2) is 0 Å². The van der Waals surface area contributed by atoms with Crippen LogP contribution in [0.2, 0.25) is 0 Å². The van der Waals surface area contributed by atoms with E-state index in [2.05, 4.69) is 4.98 Å². The van der Waals surface area contributed by atoms with Crippen molar-refractivity contribution in [3.05, 3.63) is 30.5 Å². The Bertz CT molecular complexity index is 406. The molecule has 0 bridgehead atoms. The van der Waals surface area contributed by atoms with E-state index < -0.39 is 0 Å². The van der Waals surface area contributed by atoms with Gasteiger partial charge in [0, 0.05) is 17.1 Å². The Morgan fingerprint density at radius 3 is 3.08 bits per heavy atom. The smallest absolute Gasteiger partial charge is 0.298 e. The van der Waals surface area contributed by atoms with Crippen LogP contribution in [0.1, 0.15) is 0 Å². The summed E-state index contributed by atoms with van der Waals surface area (Å²) in [4.78, 5) is 13.1. The molecule has 1 aromatic carbocycles. The van der Waals surface area contributed by atoms with Crippen molar-refractivity contribution in [2.45, 2.75) is 0 Å². The molecule has 0 aliphatic heterocycles. The van der Waals surface area contributed by atoms with Crippen molar-refractivity contribution in [2.75, 3.05) is 0 Å². The van der Waals surface area contributed by atoms with E-state index in [0.717, 1.165) is 10.9 Å². The molecule has 0 fully saturated rings. The van der Waals surface area contributed by atoms with Gasteiger partial charge in [-0.2, -0.15) is 0 Å². The molecule has 0 saturated heterocycles. The molecule has 0 saturated carbocycles. The predicted octanol–water partition coefficient (Wildman–Crippen LogP) is 1.70. The standard InChI is InChI=1S/C9H7NO2/c11-6-12-9-3-1-2-8-7(9)4-5-10-8/h1-6,10H. The first-order chi connectivity index (χ1) is 5.92. The minimum absolute atomic E-state index is 0.432. The van der Waals surface area contributed by atoms with Gasteiger partial charge in [0.1, 0.15) is 5.75 Å². The van der Waals surface area contributed by atoms with Crippen molar-refractivity contribution >= 4 is 17.4 Å². The topological polar surface area (TPSA) is 42.1 Å². The summed E-state index contributed by atoms with van der Waals surface area (Å²) in [5.74, 6) is 0.587. The van der Waals surface area contributed by atoms with Crippen LogP contribution in [-0.4, -0.2) is 11.5 Å². The van der Waals surface area contributed by atoms with Crippen LogP contribution in [0.5, 0.6) is 5.75 Å². The second kappa shape index (κ2) is 2.70. The van der Waals surface area contributed by atoms with Gasteiger partial charge in [0.15, 0.2) is 0 Å². The largest absolute Gasteiger partial charge is 0.428 e. The van der Waals surface area contributed by atoms with Gasteiger partial charge in [0.2, 0.25) is 0 Å². The Labute approximate surface area is 69.0 Å². The summed E-state index contributed by atoms with van der Waals surface area (Å²) >= 11 is 0. The fourth-order valence-corrected chi connectivity index (χ4v) is 1.21. The van der Waals surface area contributed by atoms with Crippen molar-refractivity contribution in [3.8, 4) is 5.75 Å². The highest BCUT2D eigenvalue weighted by molar-refractivity contribution is 5.86.